The van der Waals surface area contributed by atoms with Crippen LogP contribution < -0.4 is 10.5 Å². The molecule has 4 nitrogen and oxygen atoms in total. The average molecular weight is 231 g/mol. The van der Waals surface area contributed by atoms with Crippen molar-refractivity contribution in [2.45, 2.75) is 26.0 Å². The van der Waals surface area contributed by atoms with Crippen molar-refractivity contribution >= 4 is 0 Å². The van der Waals surface area contributed by atoms with Gasteiger partial charge in [-0.2, -0.15) is 0 Å². The summed E-state index contributed by atoms with van der Waals surface area (Å²) in [5.74, 6) is 1.55. The van der Waals surface area contributed by atoms with Crippen molar-refractivity contribution in [3.63, 3.8) is 0 Å². The Kier molecular flexibility index (Phi) is 3.44. The lowest BCUT2D eigenvalue weighted by Gasteiger charge is -2.17. The third-order valence-corrected chi connectivity index (χ3v) is 2.43. The summed E-state index contributed by atoms with van der Waals surface area (Å²) in [6.07, 6.45) is 3.59. The fourth-order valence-corrected chi connectivity index (χ4v) is 1.69. The average Bonchev–Trinajstić information content (AvgIpc) is 2.81. The summed E-state index contributed by atoms with van der Waals surface area (Å²) >= 11 is 0. The molecule has 0 fully saturated rings. The molecule has 4 heteroatoms. The number of hydrogen-bond donors (Lipinski definition) is 2. The Morgan fingerprint density at radius 1 is 1.29 bits per heavy atom. The largest absolute Gasteiger partial charge is 0.491 e. The summed E-state index contributed by atoms with van der Waals surface area (Å²) in [7, 11) is 0. The Labute approximate surface area is 101 Å². The zero-order chi connectivity index (χ0) is 12.3. The predicted molar refractivity (Wildman–Crippen MR) is 66.8 cm³/mol. The lowest BCUT2D eigenvalue weighted by atomic mass is 10.1. The third kappa shape index (κ3) is 2.65. The molecule has 0 radical (unpaired) electrons. The first-order valence-electron chi connectivity index (χ1n) is 5.69. The first-order chi connectivity index (χ1) is 8.18. The van der Waals surface area contributed by atoms with Crippen LogP contribution in [0, 0.1) is 0 Å². The van der Waals surface area contributed by atoms with E-state index in [1.54, 1.807) is 12.4 Å². The molecular weight excluding hydrogens is 214 g/mol. The first-order valence-corrected chi connectivity index (χ1v) is 5.69. The van der Waals surface area contributed by atoms with Gasteiger partial charge in [0, 0.05) is 18.0 Å². The molecule has 0 aliphatic rings. The third-order valence-electron chi connectivity index (χ3n) is 2.43. The van der Waals surface area contributed by atoms with Gasteiger partial charge in [0.25, 0.3) is 0 Å². The van der Waals surface area contributed by atoms with E-state index in [0.29, 0.717) is 0 Å². The van der Waals surface area contributed by atoms with Crippen LogP contribution in [0.15, 0.2) is 36.7 Å². The van der Waals surface area contributed by atoms with Crippen molar-refractivity contribution in [3.8, 4) is 5.75 Å². The number of nitrogens with zero attached hydrogens (tertiary/aromatic N) is 1. The van der Waals surface area contributed by atoms with E-state index in [9.17, 15) is 0 Å². The van der Waals surface area contributed by atoms with Gasteiger partial charge in [-0.05, 0) is 19.9 Å². The highest BCUT2D eigenvalue weighted by Gasteiger charge is 2.16. The second kappa shape index (κ2) is 5.01. The molecule has 1 heterocycles. The molecule has 0 bridgehead atoms. The molecule has 2 aromatic rings. The van der Waals surface area contributed by atoms with Gasteiger partial charge in [0.15, 0.2) is 0 Å². The molecule has 3 N–H and O–H groups in total. The molecule has 1 aromatic heterocycles. The van der Waals surface area contributed by atoms with Gasteiger partial charge in [-0.25, -0.2) is 4.98 Å². The number of benzene rings is 1. The first kappa shape index (κ1) is 11.7. The van der Waals surface area contributed by atoms with E-state index in [4.69, 9.17) is 10.5 Å². The number of aromatic amines is 1. The fourth-order valence-electron chi connectivity index (χ4n) is 1.69. The maximum Gasteiger partial charge on any atom is 0.127 e. The van der Waals surface area contributed by atoms with E-state index in [1.165, 1.54) is 0 Å². The molecule has 1 aromatic carbocycles. The lowest BCUT2D eigenvalue weighted by Crippen LogP contribution is -2.16. The van der Waals surface area contributed by atoms with Gasteiger partial charge in [-0.15, -0.1) is 0 Å². The molecule has 0 spiro atoms. The summed E-state index contributed by atoms with van der Waals surface area (Å²) in [6, 6.07) is 7.49. The van der Waals surface area contributed by atoms with Crippen LogP contribution in [0.5, 0.6) is 5.75 Å². The number of aromatic nitrogens is 2. The number of nitrogens with one attached hydrogen (secondary N) is 1. The van der Waals surface area contributed by atoms with E-state index in [0.717, 1.165) is 17.1 Å². The number of H-pyrrole nitrogens is 1. The summed E-state index contributed by atoms with van der Waals surface area (Å²) in [4.78, 5) is 7.20. The predicted octanol–water partition coefficient (Wildman–Crippen LogP) is 2.25. The van der Waals surface area contributed by atoms with Crippen molar-refractivity contribution in [1.82, 2.24) is 9.97 Å². The molecule has 0 aliphatic carbocycles. The normalized spacial score (nSPS) is 12.7. The molecule has 2 rings (SSSR count). The molecule has 0 saturated heterocycles. The molecule has 1 atom stereocenters. The molecule has 17 heavy (non-hydrogen) atoms. The fraction of sp³-hybridized carbons (Fsp3) is 0.308. The monoisotopic (exact) mass is 231 g/mol. The van der Waals surface area contributed by atoms with Crippen molar-refractivity contribution in [2.75, 3.05) is 0 Å². The van der Waals surface area contributed by atoms with E-state index in [2.05, 4.69) is 9.97 Å². The second-order valence-corrected chi connectivity index (χ2v) is 4.16. The number of nitrogens with two attached hydrogens (primary N) is 1. The molecule has 1 unspecified atom stereocenters. The maximum atomic E-state index is 6.16. The SMILES string of the molecule is CC(C)Oc1ccccc1C(N)c1ncc[nH]1. The highest BCUT2D eigenvalue weighted by molar-refractivity contribution is 5.38. The van der Waals surface area contributed by atoms with Gasteiger partial charge in [0.1, 0.15) is 11.6 Å². The smallest absolute Gasteiger partial charge is 0.127 e. The Hall–Kier alpha value is -1.81. The summed E-state index contributed by atoms with van der Waals surface area (Å²) in [5.41, 5.74) is 7.10. The number of para-hydroxylation sites is 1. The van der Waals surface area contributed by atoms with Crippen LogP contribution in [0.1, 0.15) is 31.3 Å². The van der Waals surface area contributed by atoms with E-state index in [1.807, 2.05) is 38.1 Å². The van der Waals surface area contributed by atoms with Crippen LogP contribution >= 0.6 is 0 Å². The van der Waals surface area contributed by atoms with Crippen LogP contribution in [0.2, 0.25) is 0 Å². The zero-order valence-corrected chi connectivity index (χ0v) is 10.1. The molecule has 0 amide bonds. The standard InChI is InChI=1S/C13H17N3O/c1-9(2)17-11-6-4-3-5-10(11)12(14)13-15-7-8-16-13/h3-9,12H,14H2,1-2H3,(H,15,16). The summed E-state index contributed by atoms with van der Waals surface area (Å²) in [5, 5.41) is 0. The summed E-state index contributed by atoms with van der Waals surface area (Å²) < 4.78 is 5.74. The minimum absolute atomic E-state index is 0.125. The highest BCUT2D eigenvalue weighted by Crippen LogP contribution is 2.27. The Morgan fingerprint density at radius 3 is 2.71 bits per heavy atom. The molecule has 90 valence electrons. The number of rotatable bonds is 4. The Balaban J connectivity index is 2.31. The van der Waals surface area contributed by atoms with Crippen molar-refractivity contribution in [1.29, 1.82) is 0 Å². The Bertz CT molecular complexity index is 465. The number of imidazole rings is 1. The van der Waals surface area contributed by atoms with Crippen LogP contribution in [0.4, 0.5) is 0 Å². The van der Waals surface area contributed by atoms with Crippen molar-refractivity contribution in [2.24, 2.45) is 5.73 Å². The van der Waals surface area contributed by atoms with Gasteiger partial charge in [-0.1, -0.05) is 18.2 Å². The number of ether oxygens (including phenoxy) is 1. The van der Waals surface area contributed by atoms with Crippen molar-refractivity contribution in [3.05, 3.63) is 48.0 Å². The topological polar surface area (TPSA) is 63.9 Å². The molecule has 0 saturated carbocycles. The van der Waals surface area contributed by atoms with Crippen LogP contribution in [0.3, 0.4) is 0 Å². The minimum atomic E-state index is -0.292. The van der Waals surface area contributed by atoms with Gasteiger partial charge in [-0.3, -0.25) is 0 Å². The van der Waals surface area contributed by atoms with Crippen LogP contribution in [0.25, 0.3) is 0 Å². The number of hydrogen-bond acceptors (Lipinski definition) is 3. The van der Waals surface area contributed by atoms with Gasteiger partial charge < -0.3 is 15.5 Å². The van der Waals surface area contributed by atoms with Gasteiger partial charge >= 0.3 is 0 Å². The maximum absolute atomic E-state index is 6.16. The zero-order valence-electron chi connectivity index (χ0n) is 10.1. The summed E-state index contributed by atoms with van der Waals surface area (Å²) in [6.45, 7) is 3.99. The van der Waals surface area contributed by atoms with Gasteiger partial charge in [0.2, 0.25) is 0 Å². The molecular formula is C13H17N3O. The Morgan fingerprint density at radius 2 is 2.06 bits per heavy atom. The van der Waals surface area contributed by atoms with Crippen LogP contribution in [-0.4, -0.2) is 16.1 Å². The van der Waals surface area contributed by atoms with Crippen LogP contribution in [-0.2, 0) is 0 Å². The van der Waals surface area contributed by atoms with Gasteiger partial charge in [0.05, 0.1) is 12.1 Å². The highest BCUT2D eigenvalue weighted by atomic mass is 16.5. The quantitative estimate of drug-likeness (QED) is 0.848. The van der Waals surface area contributed by atoms with Crippen molar-refractivity contribution < 1.29 is 4.74 Å². The van der Waals surface area contributed by atoms with E-state index in [-0.39, 0.29) is 12.1 Å². The van der Waals surface area contributed by atoms with E-state index >= 15 is 0 Å². The minimum Gasteiger partial charge on any atom is -0.491 e. The van der Waals surface area contributed by atoms with E-state index < -0.39 is 0 Å². The second-order valence-electron chi connectivity index (χ2n) is 4.16. The lowest BCUT2D eigenvalue weighted by molar-refractivity contribution is 0.239. The molecule has 0 aliphatic heterocycles.